The van der Waals surface area contributed by atoms with Crippen molar-refractivity contribution in [3.63, 3.8) is 0 Å². The van der Waals surface area contributed by atoms with Gasteiger partial charge in [0.25, 0.3) is 0 Å². The van der Waals surface area contributed by atoms with Gasteiger partial charge in [-0.05, 0) is 18.2 Å². The molecule has 0 saturated heterocycles. The highest BCUT2D eigenvalue weighted by Crippen LogP contribution is 2.32. The first-order valence-electron chi connectivity index (χ1n) is 4.07. The maximum atomic E-state index is 11.2. The van der Waals surface area contributed by atoms with Crippen LogP contribution in [0.25, 0.3) is 0 Å². The van der Waals surface area contributed by atoms with E-state index in [9.17, 15) is 9.00 Å². The van der Waals surface area contributed by atoms with E-state index in [4.69, 9.17) is 0 Å². The maximum Gasteiger partial charge on any atom is 0.234 e. The molecule has 1 aliphatic heterocycles. The van der Waals surface area contributed by atoms with Crippen LogP contribution in [-0.4, -0.2) is 22.1 Å². The molecule has 1 N–H and O–H groups in total. The van der Waals surface area contributed by atoms with Crippen LogP contribution < -0.4 is 5.32 Å². The van der Waals surface area contributed by atoms with E-state index in [-0.39, 0.29) is 5.91 Å². The Morgan fingerprint density at radius 3 is 3.00 bits per heavy atom. The van der Waals surface area contributed by atoms with Crippen LogP contribution in [0, 0.1) is 0 Å². The minimum Gasteiger partial charge on any atom is -0.324 e. The molecule has 0 fully saturated rings. The van der Waals surface area contributed by atoms with Gasteiger partial charge < -0.3 is 5.32 Å². The zero-order chi connectivity index (χ0) is 10.1. The number of fused-ring (bicyclic) bond motifs is 1. The Bertz CT molecular complexity index is 417. The largest absolute Gasteiger partial charge is 0.324 e. The molecule has 0 radical (unpaired) electrons. The summed E-state index contributed by atoms with van der Waals surface area (Å²) in [6.07, 6.45) is 1.62. The highest BCUT2D eigenvalue weighted by molar-refractivity contribution is 8.00. The molecule has 0 bridgehead atoms. The third-order valence-electron chi connectivity index (χ3n) is 1.92. The third kappa shape index (κ3) is 1.83. The monoisotopic (exact) mass is 227 g/mol. The van der Waals surface area contributed by atoms with Crippen LogP contribution in [0.2, 0.25) is 0 Å². The Morgan fingerprint density at radius 1 is 1.50 bits per heavy atom. The lowest BCUT2D eigenvalue weighted by Crippen LogP contribution is -2.18. The molecule has 3 nitrogen and oxygen atoms in total. The molecule has 0 spiro atoms. The standard InChI is InChI=1S/C9H9NO2S2/c1-14(12)6-2-3-8-7(4-6)10-9(11)5-13-8/h2-4H,5H2,1H3,(H,10,11)/t14-/m1/s1. The highest BCUT2D eigenvalue weighted by atomic mass is 32.2. The number of nitrogens with one attached hydrogen (secondary N) is 1. The van der Waals surface area contributed by atoms with E-state index in [1.165, 1.54) is 11.8 Å². The summed E-state index contributed by atoms with van der Waals surface area (Å²) < 4.78 is 11.2. The SMILES string of the molecule is C[S@@](=O)c1ccc2c(c1)NC(=O)CS2. The van der Waals surface area contributed by atoms with Gasteiger partial charge in [0.15, 0.2) is 0 Å². The Labute approximate surface area is 88.7 Å². The Kier molecular flexibility index (Phi) is 2.60. The van der Waals surface area contributed by atoms with E-state index >= 15 is 0 Å². The predicted octanol–water partition coefficient (Wildman–Crippen LogP) is 1.47. The molecule has 0 unspecified atom stereocenters. The first-order chi connectivity index (χ1) is 6.66. The molecule has 1 amide bonds. The molecule has 0 aromatic heterocycles. The van der Waals surface area contributed by atoms with E-state index in [1.54, 1.807) is 12.3 Å². The van der Waals surface area contributed by atoms with Crippen LogP contribution in [0.1, 0.15) is 0 Å². The lowest BCUT2D eigenvalue weighted by Gasteiger charge is -2.16. The van der Waals surface area contributed by atoms with Crippen LogP contribution >= 0.6 is 11.8 Å². The van der Waals surface area contributed by atoms with Crippen molar-refractivity contribution in [1.82, 2.24) is 0 Å². The van der Waals surface area contributed by atoms with Crippen molar-refractivity contribution in [3.05, 3.63) is 18.2 Å². The van der Waals surface area contributed by atoms with E-state index in [0.717, 1.165) is 15.5 Å². The number of anilines is 1. The van der Waals surface area contributed by atoms with Gasteiger partial charge in [0.2, 0.25) is 5.91 Å². The van der Waals surface area contributed by atoms with Crippen molar-refractivity contribution in [3.8, 4) is 0 Å². The second kappa shape index (κ2) is 3.74. The predicted molar refractivity (Wildman–Crippen MR) is 58.1 cm³/mol. The number of thioether (sulfide) groups is 1. The van der Waals surface area contributed by atoms with Gasteiger partial charge in [-0.15, -0.1) is 11.8 Å². The van der Waals surface area contributed by atoms with Gasteiger partial charge in [-0.25, -0.2) is 0 Å². The van der Waals surface area contributed by atoms with E-state index in [0.29, 0.717) is 5.75 Å². The summed E-state index contributed by atoms with van der Waals surface area (Å²) in [6.45, 7) is 0. The van der Waals surface area contributed by atoms with Gasteiger partial charge in [0.1, 0.15) is 0 Å². The minimum absolute atomic E-state index is 0.00142. The van der Waals surface area contributed by atoms with Crippen LogP contribution in [0.3, 0.4) is 0 Å². The fraction of sp³-hybridized carbons (Fsp3) is 0.222. The molecule has 1 aliphatic rings. The summed E-state index contributed by atoms with van der Waals surface area (Å²) in [5.41, 5.74) is 0.777. The summed E-state index contributed by atoms with van der Waals surface area (Å²) in [5, 5.41) is 2.76. The first kappa shape index (κ1) is 9.73. The fourth-order valence-corrected chi connectivity index (χ4v) is 2.57. The van der Waals surface area contributed by atoms with Crippen molar-refractivity contribution >= 4 is 34.2 Å². The summed E-state index contributed by atoms with van der Waals surface area (Å²) in [7, 11) is -0.999. The number of amides is 1. The van der Waals surface area contributed by atoms with Gasteiger partial charge in [-0.2, -0.15) is 0 Å². The number of hydrogen-bond donors (Lipinski definition) is 1. The van der Waals surface area contributed by atoms with Crippen LogP contribution in [0.15, 0.2) is 28.0 Å². The molecule has 14 heavy (non-hydrogen) atoms. The topological polar surface area (TPSA) is 46.2 Å². The molecule has 74 valence electrons. The smallest absolute Gasteiger partial charge is 0.234 e. The van der Waals surface area contributed by atoms with Gasteiger partial charge >= 0.3 is 0 Å². The molecule has 1 atom stereocenters. The van der Waals surface area contributed by atoms with Crippen molar-refractivity contribution in [2.45, 2.75) is 9.79 Å². The number of carbonyl (C=O) groups is 1. The molecular weight excluding hydrogens is 218 g/mol. The molecular formula is C9H9NO2S2. The molecule has 2 rings (SSSR count). The molecule has 1 heterocycles. The molecule has 5 heteroatoms. The highest BCUT2D eigenvalue weighted by Gasteiger charge is 2.15. The summed E-state index contributed by atoms with van der Waals surface area (Å²) in [4.78, 5) is 12.9. The Balaban J connectivity index is 2.42. The fourth-order valence-electron chi connectivity index (χ4n) is 1.24. The van der Waals surface area contributed by atoms with Crippen molar-refractivity contribution in [1.29, 1.82) is 0 Å². The van der Waals surface area contributed by atoms with Crippen LogP contribution in [0.5, 0.6) is 0 Å². The zero-order valence-corrected chi connectivity index (χ0v) is 9.21. The lowest BCUT2D eigenvalue weighted by molar-refractivity contribution is -0.113. The second-order valence-electron chi connectivity index (χ2n) is 2.95. The molecule has 0 aliphatic carbocycles. The Hall–Kier alpha value is -0.810. The number of hydrogen-bond acceptors (Lipinski definition) is 3. The van der Waals surface area contributed by atoms with Gasteiger partial charge in [-0.1, -0.05) is 0 Å². The minimum atomic E-state index is -0.999. The van der Waals surface area contributed by atoms with Crippen molar-refractivity contribution in [2.75, 3.05) is 17.3 Å². The van der Waals surface area contributed by atoms with E-state index < -0.39 is 10.8 Å². The summed E-state index contributed by atoms with van der Waals surface area (Å²) in [5.74, 6) is 0.461. The normalized spacial score (nSPS) is 17.1. The quantitative estimate of drug-likeness (QED) is 0.790. The van der Waals surface area contributed by atoms with E-state index in [1.807, 2.05) is 12.1 Å². The molecule has 0 saturated carbocycles. The summed E-state index contributed by atoms with van der Waals surface area (Å²) >= 11 is 1.51. The third-order valence-corrected chi connectivity index (χ3v) is 3.91. The van der Waals surface area contributed by atoms with Crippen LogP contribution in [0.4, 0.5) is 5.69 Å². The number of carbonyl (C=O) groups excluding carboxylic acids is 1. The van der Waals surface area contributed by atoms with Crippen molar-refractivity contribution in [2.24, 2.45) is 0 Å². The number of benzene rings is 1. The summed E-state index contributed by atoms with van der Waals surface area (Å²) in [6, 6.07) is 5.51. The maximum absolute atomic E-state index is 11.2. The zero-order valence-electron chi connectivity index (χ0n) is 7.57. The lowest BCUT2D eigenvalue weighted by atomic mass is 10.3. The number of rotatable bonds is 1. The van der Waals surface area contributed by atoms with E-state index in [2.05, 4.69) is 5.32 Å². The first-order valence-corrected chi connectivity index (χ1v) is 6.61. The average molecular weight is 227 g/mol. The van der Waals surface area contributed by atoms with Crippen LogP contribution in [-0.2, 0) is 15.6 Å². The molecule has 1 aromatic rings. The molecule has 1 aromatic carbocycles. The second-order valence-corrected chi connectivity index (χ2v) is 5.35. The van der Waals surface area contributed by atoms with Gasteiger partial charge in [0.05, 0.1) is 11.4 Å². The average Bonchev–Trinajstić information content (AvgIpc) is 2.16. The Morgan fingerprint density at radius 2 is 2.29 bits per heavy atom. The van der Waals surface area contributed by atoms with Gasteiger partial charge in [-0.3, -0.25) is 9.00 Å². The van der Waals surface area contributed by atoms with Crippen molar-refractivity contribution < 1.29 is 9.00 Å². The van der Waals surface area contributed by atoms with Gasteiger partial charge in [0, 0.05) is 26.8 Å².